The Morgan fingerprint density at radius 3 is 2.62 bits per heavy atom. The number of piperidine rings is 1. The Morgan fingerprint density at radius 2 is 1.93 bits per heavy atom. The Kier molecular flexibility index (Phi) is 6.94. The van der Waals surface area contributed by atoms with Crippen LogP contribution in [0.5, 0.6) is 0 Å². The molecule has 29 heavy (non-hydrogen) atoms. The van der Waals surface area contributed by atoms with E-state index in [-0.39, 0.29) is 18.0 Å². The normalized spacial score (nSPS) is 14.3. The van der Waals surface area contributed by atoms with Crippen molar-refractivity contribution < 1.29 is 14.3 Å². The second-order valence-electron chi connectivity index (χ2n) is 6.86. The lowest BCUT2D eigenvalue weighted by Crippen LogP contribution is -2.42. The molecule has 3 heterocycles. The number of hydrogen-bond donors (Lipinski definition) is 2. The van der Waals surface area contributed by atoms with E-state index in [1.165, 1.54) is 0 Å². The minimum absolute atomic E-state index is 0.134. The number of nitrogens with one attached hydrogen (secondary N) is 2. The van der Waals surface area contributed by atoms with Crippen LogP contribution in [0, 0.1) is 6.92 Å². The van der Waals surface area contributed by atoms with E-state index in [0.717, 1.165) is 18.4 Å². The second kappa shape index (κ2) is 9.81. The summed E-state index contributed by atoms with van der Waals surface area (Å²) in [6.45, 7) is 5.63. The van der Waals surface area contributed by atoms with Crippen molar-refractivity contribution in [1.82, 2.24) is 25.2 Å². The van der Waals surface area contributed by atoms with Crippen LogP contribution >= 0.6 is 0 Å². The zero-order valence-corrected chi connectivity index (χ0v) is 16.7. The zero-order valence-electron chi connectivity index (χ0n) is 16.7. The smallest absolute Gasteiger partial charge is 0.409 e. The maximum atomic E-state index is 12.5. The molecule has 0 aliphatic carbocycles. The third kappa shape index (κ3) is 5.87. The van der Waals surface area contributed by atoms with E-state index in [1.54, 1.807) is 30.3 Å². The van der Waals surface area contributed by atoms with Crippen molar-refractivity contribution in [2.75, 3.05) is 25.0 Å². The topological polar surface area (TPSA) is 109 Å². The number of aryl methyl sites for hydroxylation is 1. The maximum absolute atomic E-state index is 12.5. The number of rotatable bonds is 6. The lowest BCUT2D eigenvalue weighted by Gasteiger charge is -2.31. The van der Waals surface area contributed by atoms with Crippen LogP contribution in [0.3, 0.4) is 0 Å². The van der Waals surface area contributed by atoms with Crippen molar-refractivity contribution >= 4 is 17.9 Å². The Morgan fingerprint density at radius 1 is 1.21 bits per heavy atom. The number of likely N-dealkylation sites (tertiary alicyclic amines) is 1. The SMILES string of the molecule is CCOC(=O)N1CCC(Nc2nc(C)cc(C(=O)NCc3ccncc3)n2)CC1. The molecule has 2 aromatic rings. The molecule has 0 bridgehead atoms. The number of anilines is 1. The highest BCUT2D eigenvalue weighted by Gasteiger charge is 2.24. The van der Waals surface area contributed by atoms with Gasteiger partial charge in [-0.1, -0.05) is 0 Å². The minimum Gasteiger partial charge on any atom is -0.450 e. The van der Waals surface area contributed by atoms with Crippen molar-refractivity contribution in [3.05, 3.63) is 47.5 Å². The van der Waals surface area contributed by atoms with E-state index in [2.05, 4.69) is 25.6 Å². The summed E-state index contributed by atoms with van der Waals surface area (Å²) in [6.07, 6.45) is 4.63. The van der Waals surface area contributed by atoms with Crippen LogP contribution < -0.4 is 10.6 Å². The molecule has 0 saturated carbocycles. The standard InChI is InChI=1S/C20H26N6O3/c1-3-29-20(28)26-10-6-16(7-11-26)24-19-23-14(2)12-17(25-19)18(27)22-13-15-4-8-21-9-5-15/h4-5,8-9,12,16H,3,6-7,10-11,13H2,1-2H3,(H,22,27)(H,23,24,25). The van der Waals surface area contributed by atoms with Gasteiger partial charge in [-0.15, -0.1) is 0 Å². The van der Waals surface area contributed by atoms with Gasteiger partial charge in [-0.3, -0.25) is 9.78 Å². The summed E-state index contributed by atoms with van der Waals surface area (Å²) >= 11 is 0. The predicted octanol–water partition coefficient (Wildman–Crippen LogP) is 2.14. The van der Waals surface area contributed by atoms with Crippen LogP contribution in [-0.2, 0) is 11.3 Å². The Bertz CT molecular complexity index is 837. The van der Waals surface area contributed by atoms with Crippen molar-refractivity contribution in [3.8, 4) is 0 Å². The molecule has 9 nitrogen and oxygen atoms in total. The maximum Gasteiger partial charge on any atom is 0.409 e. The first-order valence-electron chi connectivity index (χ1n) is 9.76. The van der Waals surface area contributed by atoms with Gasteiger partial charge in [0.1, 0.15) is 5.69 Å². The monoisotopic (exact) mass is 398 g/mol. The minimum atomic E-state index is -0.272. The van der Waals surface area contributed by atoms with E-state index >= 15 is 0 Å². The van der Waals surface area contributed by atoms with Crippen LogP contribution in [0.2, 0.25) is 0 Å². The highest BCUT2D eigenvalue weighted by molar-refractivity contribution is 5.92. The Labute approximate surface area is 169 Å². The van der Waals surface area contributed by atoms with Crippen LogP contribution in [0.15, 0.2) is 30.6 Å². The van der Waals surface area contributed by atoms with Crippen molar-refractivity contribution in [3.63, 3.8) is 0 Å². The van der Waals surface area contributed by atoms with Crippen LogP contribution in [0.4, 0.5) is 10.7 Å². The number of hydrogen-bond acceptors (Lipinski definition) is 7. The molecule has 1 aliphatic heterocycles. The van der Waals surface area contributed by atoms with Gasteiger partial charge in [0.15, 0.2) is 0 Å². The van der Waals surface area contributed by atoms with Gasteiger partial charge in [0.05, 0.1) is 6.61 Å². The Balaban J connectivity index is 1.56. The van der Waals surface area contributed by atoms with Gasteiger partial charge >= 0.3 is 6.09 Å². The Hall–Kier alpha value is -3.23. The van der Waals surface area contributed by atoms with Gasteiger partial charge in [0.2, 0.25) is 5.95 Å². The molecular weight excluding hydrogens is 372 g/mol. The summed E-state index contributed by atoms with van der Waals surface area (Å²) < 4.78 is 5.04. The van der Waals surface area contributed by atoms with E-state index in [1.807, 2.05) is 19.1 Å². The number of aromatic nitrogens is 3. The highest BCUT2D eigenvalue weighted by atomic mass is 16.6. The molecule has 1 saturated heterocycles. The van der Waals surface area contributed by atoms with E-state index < -0.39 is 0 Å². The summed E-state index contributed by atoms with van der Waals surface area (Å²) in [5.74, 6) is 0.168. The number of carbonyl (C=O) groups is 2. The summed E-state index contributed by atoms with van der Waals surface area (Å²) in [5, 5.41) is 6.15. The predicted molar refractivity (Wildman–Crippen MR) is 107 cm³/mol. The van der Waals surface area contributed by atoms with E-state index in [9.17, 15) is 9.59 Å². The molecule has 3 rings (SSSR count). The second-order valence-corrected chi connectivity index (χ2v) is 6.86. The van der Waals surface area contributed by atoms with Crippen molar-refractivity contribution in [2.24, 2.45) is 0 Å². The molecule has 1 aliphatic rings. The lowest BCUT2D eigenvalue weighted by molar-refractivity contribution is 0.0943. The quantitative estimate of drug-likeness (QED) is 0.767. The summed E-state index contributed by atoms with van der Waals surface area (Å²) in [4.78, 5) is 38.7. The molecule has 0 spiro atoms. The molecule has 2 amide bonds. The van der Waals surface area contributed by atoms with Crippen molar-refractivity contribution in [2.45, 2.75) is 39.3 Å². The molecule has 0 radical (unpaired) electrons. The first-order chi connectivity index (χ1) is 14.0. The summed E-state index contributed by atoms with van der Waals surface area (Å²) in [5.41, 5.74) is 1.99. The first-order valence-corrected chi connectivity index (χ1v) is 9.76. The highest BCUT2D eigenvalue weighted by Crippen LogP contribution is 2.16. The molecule has 0 atom stereocenters. The lowest BCUT2D eigenvalue weighted by atomic mass is 10.1. The van der Waals surface area contributed by atoms with Gasteiger partial charge < -0.3 is 20.3 Å². The zero-order chi connectivity index (χ0) is 20.6. The molecule has 2 N–H and O–H groups in total. The number of ether oxygens (including phenoxy) is 1. The number of amides is 2. The fourth-order valence-electron chi connectivity index (χ4n) is 3.13. The van der Waals surface area contributed by atoms with Gasteiger partial charge in [0, 0.05) is 43.8 Å². The largest absolute Gasteiger partial charge is 0.450 e. The fourth-order valence-corrected chi connectivity index (χ4v) is 3.13. The van der Waals surface area contributed by atoms with Gasteiger partial charge in [0.25, 0.3) is 5.91 Å². The van der Waals surface area contributed by atoms with E-state index in [4.69, 9.17) is 4.74 Å². The average Bonchev–Trinajstić information content (AvgIpc) is 2.73. The third-order valence-electron chi connectivity index (χ3n) is 4.64. The molecule has 1 fully saturated rings. The summed E-state index contributed by atoms with van der Waals surface area (Å²) in [6, 6.07) is 5.49. The van der Waals surface area contributed by atoms with Gasteiger partial charge in [-0.25, -0.2) is 14.8 Å². The van der Waals surface area contributed by atoms with E-state index in [0.29, 0.717) is 43.6 Å². The molecule has 154 valence electrons. The number of carbonyl (C=O) groups excluding carboxylic acids is 2. The third-order valence-corrected chi connectivity index (χ3v) is 4.64. The molecule has 2 aromatic heterocycles. The fraction of sp³-hybridized carbons (Fsp3) is 0.450. The molecule has 0 aromatic carbocycles. The first kappa shape index (κ1) is 20.5. The average molecular weight is 398 g/mol. The molecule has 0 unspecified atom stereocenters. The van der Waals surface area contributed by atoms with Crippen LogP contribution in [0.1, 0.15) is 41.5 Å². The van der Waals surface area contributed by atoms with Crippen LogP contribution in [-0.4, -0.2) is 57.6 Å². The van der Waals surface area contributed by atoms with Gasteiger partial charge in [-0.2, -0.15) is 0 Å². The molecular formula is C20H26N6O3. The van der Waals surface area contributed by atoms with Crippen LogP contribution in [0.25, 0.3) is 0 Å². The number of nitrogens with zero attached hydrogens (tertiary/aromatic N) is 4. The molecule has 9 heteroatoms. The van der Waals surface area contributed by atoms with Gasteiger partial charge in [-0.05, 0) is 50.5 Å². The summed E-state index contributed by atoms with van der Waals surface area (Å²) in [7, 11) is 0. The number of pyridine rings is 1. The van der Waals surface area contributed by atoms with Crippen molar-refractivity contribution in [1.29, 1.82) is 0 Å².